The number of hydrogen-bond acceptors (Lipinski definition) is 7. The van der Waals surface area contributed by atoms with E-state index in [1.54, 1.807) is 19.2 Å². The van der Waals surface area contributed by atoms with Crippen molar-refractivity contribution in [2.75, 3.05) is 31.8 Å². The molecule has 9 nitrogen and oxygen atoms in total. The molecule has 10 heteroatoms. The summed E-state index contributed by atoms with van der Waals surface area (Å²) in [6.45, 7) is 1.21. The largest absolute Gasteiger partial charge is 0.489 e. The van der Waals surface area contributed by atoms with Gasteiger partial charge in [-0.25, -0.2) is 4.39 Å². The fourth-order valence-corrected chi connectivity index (χ4v) is 3.60. The third kappa shape index (κ3) is 5.11. The van der Waals surface area contributed by atoms with Gasteiger partial charge in [0.15, 0.2) is 0 Å². The van der Waals surface area contributed by atoms with Crippen molar-refractivity contribution in [1.82, 2.24) is 15.3 Å². The van der Waals surface area contributed by atoms with E-state index >= 15 is 0 Å². The molecule has 4 heterocycles. The fourth-order valence-electron chi connectivity index (χ4n) is 3.60. The number of fused-ring (bicyclic) bond motifs is 1. The number of aromatic nitrogens is 2. The Balaban J connectivity index is 1.28. The molecule has 2 aromatic heterocycles. The molecule has 1 aromatic carbocycles. The van der Waals surface area contributed by atoms with E-state index in [0.717, 1.165) is 11.8 Å². The summed E-state index contributed by atoms with van der Waals surface area (Å²) >= 11 is 0. The summed E-state index contributed by atoms with van der Waals surface area (Å²) < 4.78 is 29.9. The molecule has 0 spiro atoms. The van der Waals surface area contributed by atoms with E-state index in [1.165, 1.54) is 35.5 Å². The normalized spacial score (nSPS) is 17.0. The number of amides is 2. The quantitative estimate of drug-likeness (QED) is 0.563. The molecule has 3 aromatic rings. The van der Waals surface area contributed by atoms with E-state index in [0.29, 0.717) is 24.7 Å². The topological polar surface area (TPSA) is 103 Å². The number of ether oxygens (including phenoxy) is 3. The number of halogens is 1. The van der Waals surface area contributed by atoms with Crippen molar-refractivity contribution in [2.45, 2.75) is 6.04 Å². The van der Waals surface area contributed by atoms with E-state index in [9.17, 15) is 14.0 Å². The molecule has 0 aliphatic carbocycles. The number of carbonyl (C=O) groups is 2. The van der Waals surface area contributed by atoms with Crippen molar-refractivity contribution >= 4 is 17.5 Å². The van der Waals surface area contributed by atoms with Gasteiger partial charge in [-0.3, -0.25) is 19.6 Å². The molecule has 36 heavy (non-hydrogen) atoms. The van der Waals surface area contributed by atoms with Gasteiger partial charge in [0, 0.05) is 30.9 Å². The minimum absolute atomic E-state index is 0.0200. The van der Waals surface area contributed by atoms with Gasteiger partial charge >= 0.3 is 0 Å². The zero-order chi connectivity index (χ0) is 25.1. The van der Waals surface area contributed by atoms with Crippen molar-refractivity contribution in [1.29, 1.82) is 0 Å². The monoisotopic (exact) mass is 488 g/mol. The lowest BCUT2D eigenvalue weighted by molar-refractivity contribution is -0.120. The average molecular weight is 488 g/mol. The number of likely N-dealkylation sites (N-methyl/N-ethyl adjacent to an activating group) is 1. The Kier molecular flexibility index (Phi) is 6.47. The first-order valence-electron chi connectivity index (χ1n) is 11.2. The maximum Gasteiger partial charge on any atom is 0.270 e. The van der Waals surface area contributed by atoms with Crippen LogP contribution in [-0.2, 0) is 9.53 Å². The molecular formula is C26H21FN4O5. The molecule has 0 bridgehead atoms. The van der Waals surface area contributed by atoms with Crippen molar-refractivity contribution in [2.24, 2.45) is 5.92 Å². The van der Waals surface area contributed by atoms with Crippen LogP contribution in [0.25, 0.3) is 0 Å². The number of rotatable bonds is 4. The number of nitrogens with one attached hydrogen (secondary N) is 1. The van der Waals surface area contributed by atoms with Gasteiger partial charge in [-0.15, -0.1) is 0 Å². The van der Waals surface area contributed by atoms with E-state index in [4.69, 9.17) is 14.2 Å². The van der Waals surface area contributed by atoms with Gasteiger partial charge in [-0.05, 0) is 24.3 Å². The second-order valence-electron chi connectivity index (χ2n) is 8.24. The van der Waals surface area contributed by atoms with Crippen molar-refractivity contribution in [3.8, 4) is 29.1 Å². The molecule has 182 valence electrons. The summed E-state index contributed by atoms with van der Waals surface area (Å²) in [4.78, 5) is 35.2. The van der Waals surface area contributed by atoms with Crippen LogP contribution in [0.3, 0.4) is 0 Å². The number of anilines is 1. The predicted octanol–water partition coefficient (Wildman–Crippen LogP) is 2.56. The first-order chi connectivity index (χ1) is 17.5. The molecule has 5 rings (SSSR count). The summed E-state index contributed by atoms with van der Waals surface area (Å²) in [5.41, 5.74) is 1.33. The number of nitrogens with zero attached hydrogens (tertiary/aromatic N) is 3. The Morgan fingerprint density at radius 3 is 2.81 bits per heavy atom. The van der Waals surface area contributed by atoms with Crippen molar-refractivity contribution in [3.05, 3.63) is 72.1 Å². The van der Waals surface area contributed by atoms with Gasteiger partial charge in [0.25, 0.3) is 11.8 Å². The lowest BCUT2D eigenvalue weighted by atomic mass is 10.1. The molecule has 1 N–H and O–H groups in total. The molecule has 2 amide bonds. The summed E-state index contributed by atoms with van der Waals surface area (Å²) in [5, 5.41) is 2.67. The molecule has 1 unspecified atom stereocenters. The molecule has 1 saturated heterocycles. The van der Waals surface area contributed by atoms with Crippen molar-refractivity contribution in [3.63, 3.8) is 0 Å². The molecule has 0 radical (unpaired) electrons. The van der Waals surface area contributed by atoms with Crippen molar-refractivity contribution < 1.29 is 28.2 Å². The van der Waals surface area contributed by atoms with E-state index in [2.05, 4.69) is 27.1 Å². The maximum absolute atomic E-state index is 13.4. The van der Waals surface area contributed by atoms with Crippen LogP contribution in [0.4, 0.5) is 10.1 Å². The second kappa shape index (κ2) is 10.0. The number of pyridine rings is 2. The van der Waals surface area contributed by atoms with Crippen LogP contribution in [0.2, 0.25) is 0 Å². The fraction of sp³-hybridized carbons (Fsp3) is 0.231. The Bertz CT molecular complexity index is 1380. The molecule has 2 aliphatic rings. The van der Waals surface area contributed by atoms with Gasteiger partial charge in [0.05, 0.1) is 37.2 Å². The lowest BCUT2D eigenvalue weighted by Gasteiger charge is -2.21. The van der Waals surface area contributed by atoms with Crippen LogP contribution >= 0.6 is 0 Å². The smallest absolute Gasteiger partial charge is 0.270 e. The zero-order valence-corrected chi connectivity index (χ0v) is 19.2. The van der Waals surface area contributed by atoms with E-state index < -0.39 is 17.8 Å². The maximum atomic E-state index is 13.4. The SMILES string of the molecule is CN1C(=O)C(NC(=O)c2cc(Oc3cncc(F)c3)ccn2)COc2ccc(C#CC3COC3)cc21. The van der Waals surface area contributed by atoms with Crippen LogP contribution < -0.4 is 19.7 Å². The molecule has 1 atom stereocenters. The number of benzene rings is 1. The summed E-state index contributed by atoms with van der Waals surface area (Å²) in [7, 11) is 1.62. The van der Waals surface area contributed by atoms with Gasteiger partial charge < -0.3 is 24.4 Å². The number of hydrogen-bond donors (Lipinski definition) is 1. The summed E-state index contributed by atoms with van der Waals surface area (Å²) in [5.74, 6) is 5.93. The molecular weight excluding hydrogens is 467 g/mol. The highest BCUT2D eigenvalue weighted by Crippen LogP contribution is 2.31. The average Bonchev–Trinajstić information content (AvgIpc) is 2.95. The third-order valence-electron chi connectivity index (χ3n) is 5.60. The molecule has 1 fully saturated rings. The van der Waals surface area contributed by atoms with Crippen LogP contribution in [0.15, 0.2) is 55.0 Å². The first kappa shape index (κ1) is 23.3. The third-order valence-corrected chi connectivity index (χ3v) is 5.60. The minimum Gasteiger partial charge on any atom is -0.489 e. The van der Waals surface area contributed by atoms with Gasteiger partial charge in [-0.1, -0.05) is 11.8 Å². The van der Waals surface area contributed by atoms with Crippen LogP contribution in [0, 0.1) is 23.6 Å². The van der Waals surface area contributed by atoms with Gasteiger partial charge in [0.2, 0.25) is 0 Å². The van der Waals surface area contributed by atoms with Crippen LogP contribution in [0.5, 0.6) is 17.2 Å². The Labute approximate surface area is 206 Å². The lowest BCUT2D eigenvalue weighted by Crippen LogP contribution is -2.49. The Morgan fingerprint density at radius 2 is 2.03 bits per heavy atom. The predicted molar refractivity (Wildman–Crippen MR) is 126 cm³/mol. The van der Waals surface area contributed by atoms with E-state index in [-0.39, 0.29) is 35.6 Å². The van der Waals surface area contributed by atoms with E-state index in [1.807, 2.05) is 6.07 Å². The summed E-state index contributed by atoms with van der Waals surface area (Å²) in [6.07, 6.45) is 3.78. The Morgan fingerprint density at radius 1 is 1.17 bits per heavy atom. The highest BCUT2D eigenvalue weighted by atomic mass is 19.1. The highest BCUT2D eigenvalue weighted by molar-refractivity contribution is 6.03. The summed E-state index contributed by atoms with van der Waals surface area (Å²) in [6, 6.07) is 8.49. The molecule has 0 saturated carbocycles. The molecule has 2 aliphatic heterocycles. The highest BCUT2D eigenvalue weighted by Gasteiger charge is 2.31. The first-order valence-corrected chi connectivity index (χ1v) is 11.2. The number of carbonyl (C=O) groups excluding carboxylic acids is 2. The standard InChI is InChI=1S/C26H21FN4O5/c1-31-23-8-16(2-3-17-13-34-14-17)4-5-24(23)35-15-22(26(31)33)30-25(32)21-10-19(6-7-29-21)36-20-9-18(27)11-28-12-20/h4-12,17,22H,13-15H2,1H3,(H,30,32). The van der Waals surface area contributed by atoms with Crippen LogP contribution in [-0.4, -0.2) is 54.7 Å². The Hall–Kier alpha value is -4.49. The van der Waals surface area contributed by atoms with Crippen LogP contribution in [0.1, 0.15) is 16.1 Å². The van der Waals surface area contributed by atoms with Gasteiger partial charge in [-0.2, -0.15) is 0 Å². The minimum atomic E-state index is -0.949. The zero-order valence-electron chi connectivity index (χ0n) is 19.2. The second-order valence-corrected chi connectivity index (χ2v) is 8.24. The van der Waals surface area contributed by atoms with Gasteiger partial charge in [0.1, 0.15) is 41.4 Å².